The van der Waals surface area contributed by atoms with Gasteiger partial charge in [0.15, 0.2) is 0 Å². The van der Waals surface area contributed by atoms with E-state index in [0.717, 1.165) is 16.8 Å². The number of aryl methyl sites for hydroxylation is 1. The SMILES string of the molecule is COC(=O)Cc1ccccc1CNCc1ccn(C)n1. The van der Waals surface area contributed by atoms with E-state index in [1.165, 1.54) is 7.11 Å². The molecule has 0 atom stereocenters. The summed E-state index contributed by atoms with van der Waals surface area (Å²) in [4.78, 5) is 11.4. The number of methoxy groups -OCH3 is 1. The second-order valence-corrected chi connectivity index (χ2v) is 4.61. The lowest BCUT2D eigenvalue weighted by Gasteiger charge is -2.09. The predicted octanol–water partition coefficient (Wildman–Crippen LogP) is 1.43. The third-order valence-corrected chi connectivity index (χ3v) is 3.07. The number of rotatable bonds is 6. The molecule has 5 nitrogen and oxygen atoms in total. The maximum Gasteiger partial charge on any atom is 0.309 e. The lowest BCUT2D eigenvalue weighted by atomic mass is 10.0. The molecular formula is C15H19N3O2. The van der Waals surface area contributed by atoms with Crippen LogP contribution in [0.5, 0.6) is 0 Å². The molecule has 2 rings (SSSR count). The summed E-state index contributed by atoms with van der Waals surface area (Å²) in [5, 5.41) is 7.64. The van der Waals surface area contributed by atoms with Crippen LogP contribution >= 0.6 is 0 Å². The second kappa shape index (κ2) is 6.86. The number of carbonyl (C=O) groups excluding carboxylic acids is 1. The minimum Gasteiger partial charge on any atom is -0.469 e. The molecule has 106 valence electrons. The zero-order valence-corrected chi connectivity index (χ0v) is 11.8. The molecule has 0 aliphatic heterocycles. The number of ether oxygens (including phenoxy) is 1. The maximum absolute atomic E-state index is 11.4. The van der Waals surface area contributed by atoms with Crippen molar-refractivity contribution in [3.05, 3.63) is 53.3 Å². The predicted molar refractivity (Wildman–Crippen MR) is 75.9 cm³/mol. The van der Waals surface area contributed by atoms with Gasteiger partial charge < -0.3 is 10.1 Å². The number of hydrogen-bond acceptors (Lipinski definition) is 4. The van der Waals surface area contributed by atoms with Crippen molar-refractivity contribution in [2.24, 2.45) is 7.05 Å². The van der Waals surface area contributed by atoms with Gasteiger partial charge in [-0.05, 0) is 17.2 Å². The van der Waals surface area contributed by atoms with Crippen LogP contribution in [0, 0.1) is 0 Å². The van der Waals surface area contributed by atoms with E-state index in [2.05, 4.69) is 10.4 Å². The van der Waals surface area contributed by atoms with Crippen molar-refractivity contribution < 1.29 is 9.53 Å². The zero-order chi connectivity index (χ0) is 14.4. The molecule has 1 N–H and O–H groups in total. The lowest BCUT2D eigenvalue weighted by molar-refractivity contribution is -0.139. The van der Waals surface area contributed by atoms with Crippen LogP contribution in [0.15, 0.2) is 36.5 Å². The molecule has 0 fully saturated rings. The quantitative estimate of drug-likeness (QED) is 0.809. The number of hydrogen-bond donors (Lipinski definition) is 1. The molecule has 0 bridgehead atoms. The van der Waals surface area contributed by atoms with Gasteiger partial charge in [0, 0.05) is 26.3 Å². The highest BCUT2D eigenvalue weighted by Gasteiger charge is 2.07. The molecule has 0 spiro atoms. The smallest absolute Gasteiger partial charge is 0.309 e. The fourth-order valence-electron chi connectivity index (χ4n) is 2.01. The van der Waals surface area contributed by atoms with E-state index in [-0.39, 0.29) is 5.97 Å². The molecular weight excluding hydrogens is 254 g/mol. The monoisotopic (exact) mass is 273 g/mol. The fraction of sp³-hybridized carbons (Fsp3) is 0.333. The normalized spacial score (nSPS) is 10.5. The van der Waals surface area contributed by atoms with Gasteiger partial charge in [0.05, 0.1) is 19.2 Å². The van der Waals surface area contributed by atoms with Crippen molar-refractivity contribution in [1.82, 2.24) is 15.1 Å². The summed E-state index contributed by atoms with van der Waals surface area (Å²) >= 11 is 0. The molecule has 1 aromatic carbocycles. The Morgan fingerprint density at radius 2 is 2.00 bits per heavy atom. The van der Waals surface area contributed by atoms with Crippen molar-refractivity contribution >= 4 is 5.97 Å². The van der Waals surface area contributed by atoms with Gasteiger partial charge in [0.2, 0.25) is 0 Å². The van der Waals surface area contributed by atoms with Crippen LogP contribution in [0.4, 0.5) is 0 Å². The third kappa shape index (κ3) is 3.93. The highest BCUT2D eigenvalue weighted by molar-refractivity contribution is 5.72. The van der Waals surface area contributed by atoms with Gasteiger partial charge in [-0.1, -0.05) is 24.3 Å². The number of aromatic nitrogens is 2. The molecule has 1 heterocycles. The minimum atomic E-state index is -0.220. The molecule has 20 heavy (non-hydrogen) atoms. The number of carbonyl (C=O) groups is 1. The first kappa shape index (κ1) is 14.3. The highest BCUT2D eigenvalue weighted by atomic mass is 16.5. The number of benzene rings is 1. The van der Waals surface area contributed by atoms with Gasteiger partial charge >= 0.3 is 5.97 Å². The average Bonchev–Trinajstić information content (AvgIpc) is 2.86. The van der Waals surface area contributed by atoms with Crippen LogP contribution in [-0.2, 0) is 36.1 Å². The summed E-state index contributed by atoms with van der Waals surface area (Å²) in [5.41, 5.74) is 3.10. The summed E-state index contributed by atoms with van der Waals surface area (Å²) in [6.07, 6.45) is 2.22. The average molecular weight is 273 g/mol. The first-order valence-corrected chi connectivity index (χ1v) is 6.52. The molecule has 0 saturated heterocycles. The van der Waals surface area contributed by atoms with Gasteiger partial charge in [-0.3, -0.25) is 9.48 Å². The topological polar surface area (TPSA) is 56.1 Å². The highest BCUT2D eigenvalue weighted by Crippen LogP contribution is 2.10. The molecule has 1 aromatic heterocycles. The minimum absolute atomic E-state index is 0.220. The Morgan fingerprint density at radius 1 is 1.25 bits per heavy atom. The zero-order valence-electron chi connectivity index (χ0n) is 11.8. The molecule has 2 aromatic rings. The number of esters is 1. The molecule has 0 radical (unpaired) electrons. The van der Waals surface area contributed by atoms with Gasteiger partial charge in [-0.15, -0.1) is 0 Å². The van der Waals surface area contributed by atoms with E-state index in [1.54, 1.807) is 4.68 Å². The first-order chi connectivity index (χ1) is 9.69. The Balaban J connectivity index is 1.93. The molecule has 0 unspecified atom stereocenters. The fourth-order valence-corrected chi connectivity index (χ4v) is 2.01. The Bertz CT molecular complexity index is 578. The van der Waals surface area contributed by atoms with Crippen LogP contribution in [0.3, 0.4) is 0 Å². The van der Waals surface area contributed by atoms with Gasteiger partial charge in [0.1, 0.15) is 0 Å². The summed E-state index contributed by atoms with van der Waals surface area (Å²) in [6, 6.07) is 9.85. The largest absolute Gasteiger partial charge is 0.469 e. The number of nitrogens with one attached hydrogen (secondary N) is 1. The standard InChI is InChI=1S/C15H19N3O2/c1-18-8-7-14(17-18)11-16-10-13-6-4-3-5-12(13)9-15(19)20-2/h3-8,16H,9-11H2,1-2H3. The van der Waals surface area contributed by atoms with Gasteiger partial charge in [-0.25, -0.2) is 0 Å². The Labute approximate surface area is 118 Å². The van der Waals surface area contributed by atoms with Crippen molar-refractivity contribution in [3.63, 3.8) is 0 Å². The van der Waals surface area contributed by atoms with Crippen LogP contribution in [0.1, 0.15) is 16.8 Å². The number of nitrogens with zero attached hydrogens (tertiary/aromatic N) is 2. The molecule has 0 aliphatic carbocycles. The molecule has 0 amide bonds. The van der Waals surface area contributed by atoms with Crippen molar-refractivity contribution in [1.29, 1.82) is 0 Å². The molecule has 5 heteroatoms. The van der Waals surface area contributed by atoms with E-state index in [4.69, 9.17) is 4.74 Å². The summed E-state index contributed by atoms with van der Waals surface area (Å²) in [7, 11) is 3.30. The Morgan fingerprint density at radius 3 is 2.65 bits per heavy atom. The van der Waals surface area contributed by atoms with Crippen LogP contribution in [0.25, 0.3) is 0 Å². The van der Waals surface area contributed by atoms with Crippen molar-refractivity contribution in [3.8, 4) is 0 Å². The van der Waals surface area contributed by atoms with E-state index in [9.17, 15) is 4.79 Å². The van der Waals surface area contributed by atoms with Crippen LogP contribution in [-0.4, -0.2) is 22.9 Å². The third-order valence-electron chi connectivity index (χ3n) is 3.07. The van der Waals surface area contributed by atoms with Gasteiger partial charge in [-0.2, -0.15) is 5.10 Å². The maximum atomic E-state index is 11.4. The van der Waals surface area contributed by atoms with Crippen LogP contribution < -0.4 is 5.32 Å². The van der Waals surface area contributed by atoms with Crippen molar-refractivity contribution in [2.45, 2.75) is 19.5 Å². The lowest BCUT2D eigenvalue weighted by Crippen LogP contribution is -2.16. The molecule has 0 aliphatic rings. The van der Waals surface area contributed by atoms with E-state index < -0.39 is 0 Å². The summed E-state index contributed by atoms with van der Waals surface area (Å²) in [5.74, 6) is -0.220. The van der Waals surface area contributed by atoms with E-state index in [1.807, 2.05) is 43.6 Å². The second-order valence-electron chi connectivity index (χ2n) is 4.61. The van der Waals surface area contributed by atoms with Gasteiger partial charge in [0.25, 0.3) is 0 Å². The first-order valence-electron chi connectivity index (χ1n) is 6.52. The Hall–Kier alpha value is -2.14. The van der Waals surface area contributed by atoms with E-state index in [0.29, 0.717) is 19.5 Å². The summed E-state index contributed by atoms with van der Waals surface area (Å²) < 4.78 is 6.49. The summed E-state index contributed by atoms with van der Waals surface area (Å²) in [6.45, 7) is 1.40. The van der Waals surface area contributed by atoms with Crippen LogP contribution in [0.2, 0.25) is 0 Å². The Kier molecular flexibility index (Phi) is 4.90. The molecule has 0 saturated carbocycles. The van der Waals surface area contributed by atoms with Crippen molar-refractivity contribution in [2.75, 3.05) is 7.11 Å². The van der Waals surface area contributed by atoms with E-state index >= 15 is 0 Å².